The van der Waals surface area contributed by atoms with E-state index in [0.29, 0.717) is 23.5 Å². The molecule has 0 aliphatic heterocycles. The molecule has 0 saturated heterocycles. The van der Waals surface area contributed by atoms with E-state index in [0.717, 1.165) is 5.75 Å². The third-order valence-electron chi connectivity index (χ3n) is 3.13. The van der Waals surface area contributed by atoms with Crippen molar-refractivity contribution in [3.05, 3.63) is 54.1 Å². The van der Waals surface area contributed by atoms with Gasteiger partial charge in [-0.05, 0) is 55.5 Å². The quantitative estimate of drug-likeness (QED) is 0.716. The van der Waals surface area contributed by atoms with Gasteiger partial charge in [0.05, 0.1) is 17.9 Å². The average molecular weight is 357 g/mol. The number of carbonyl (C=O) groups is 2. The number of amides is 2. The molecular formula is C18H19N3O3S. The predicted molar refractivity (Wildman–Crippen MR) is 102 cm³/mol. The lowest BCUT2D eigenvalue weighted by Gasteiger charge is -2.13. The molecule has 0 radical (unpaired) electrons. The molecule has 0 bridgehead atoms. The summed E-state index contributed by atoms with van der Waals surface area (Å²) in [6.45, 7) is 3.85. The van der Waals surface area contributed by atoms with Gasteiger partial charge in [0.2, 0.25) is 5.91 Å². The molecule has 6 nitrogen and oxygen atoms in total. The maximum absolute atomic E-state index is 12.5. The first-order chi connectivity index (χ1) is 12.0. The van der Waals surface area contributed by atoms with Crippen LogP contribution in [0, 0.1) is 0 Å². The van der Waals surface area contributed by atoms with E-state index in [-0.39, 0.29) is 16.9 Å². The van der Waals surface area contributed by atoms with Crippen LogP contribution in [0.1, 0.15) is 24.2 Å². The zero-order valence-corrected chi connectivity index (χ0v) is 14.8. The van der Waals surface area contributed by atoms with E-state index in [2.05, 4.69) is 16.0 Å². The van der Waals surface area contributed by atoms with E-state index in [1.807, 2.05) is 6.92 Å². The minimum atomic E-state index is -0.294. The lowest BCUT2D eigenvalue weighted by atomic mass is 10.1. The minimum Gasteiger partial charge on any atom is -0.494 e. The van der Waals surface area contributed by atoms with Gasteiger partial charge in [-0.25, -0.2) is 0 Å². The summed E-state index contributed by atoms with van der Waals surface area (Å²) in [7, 11) is 0. The van der Waals surface area contributed by atoms with Crippen molar-refractivity contribution >= 4 is 40.5 Å². The Morgan fingerprint density at radius 1 is 1.04 bits per heavy atom. The van der Waals surface area contributed by atoms with Crippen LogP contribution in [-0.2, 0) is 4.79 Å². The van der Waals surface area contributed by atoms with Crippen LogP contribution in [0.5, 0.6) is 5.75 Å². The Kier molecular flexibility index (Phi) is 6.47. The number of para-hydroxylation sites is 1. The number of carbonyl (C=O) groups excluding carboxylic acids is 2. The van der Waals surface area contributed by atoms with Gasteiger partial charge in [0.1, 0.15) is 5.75 Å². The van der Waals surface area contributed by atoms with E-state index in [4.69, 9.17) is 17.0 Å². The van der Waals surface area contributed by atoms with E-state index >= 15 is 0 Å². The smallest absolute Gasteiger partial charge is 0.257 e. The summed E-state index contributed by atoms with van der Waals surface area (Å²) >= 11 is 5.04. The summed E-state index contributed by atoms with van der Waals surface area (Å²) in [4.78, 5) is 23.6. The highest BCUT2D eigenvalue weighted by atomic mass is 32.1. The summed E-state index contributed by atoms with van der Waals surface area (Å²) < 4.78 is 5.37. The molecule has 7 heteroatoms. The second-order valence-electron chi connectivity index (χ2n) is 5.09. The Hall–Kier alpha value is -2.93. The fraction of sp³-hybridized carbons (Fsp3) is 0.167. The predicted octanol–water partition coefficient (Wildman–Crippen LogP) is 3.17. The van der Waals surface area contributed by atoms with Gasteiger partial charge in [0, 0.05) is 12.6 Å². The Morgan fingerprint density at radius 3 is 2.36 bits per heavy atom. The Morgan fingerprint density at radius 2 is 1.72 bits per heavy atom. The van der Waals surface area contributed by atoms with E-state index in [1.165, 1.54) is 6.92 Å². The molecule has 2 aromatic carbocycles. The fourth-order valence-corrected chi connectivity index (χ4v) is 2.36. The highest BCUT2D eigenvalue weighted by Gasteiger charge is 2.12. The van der Waals surface area contributed by atoms with E-state index in [1.54, 1.807) is 48.5 Å². The molecule has 0 aromatic heterocycles. The molecule has 2 aromatic rings. The molecule has 2 rings (SSSR count). The van der Waals surface area contributed by atoms with Gasteiger partial charge in [-0.3, -0.25) is 9.59 Å². The molecule has 0 aliphatic rings. The lowest BCUT2D eigenvalue weighted by Crippen LogP contribution is -2.32. The molecule has 0 spiro atoms. The van der Waals surface area contributed by atoms with Crippen LogP contribution in [0.25, 0.3) is 0 Å². The second kappa shape index (κ2) is 8.79. The standard InChI is InChI=1S/C18H19N3O3S/c1-3-24-14-10-8-13(9-11-14)20-17(23)15-6-4-5-7-16(15)21-18(25)19-12(2)22/h4-11H,3H2,1-2H3,(H,20,23)(H2,19,21,22,25). The van der Waals surface area contributed by atoms with Gasteiger partial charge in [-0.2, -0.15) is 0 Å². The van der Waals surface area contributed by atoms with Crippen molar-refractivity contribution in [2.24, 2.45) is 0 Å². The monoisotopic (exact) mass is 357 g/mol. The molecule has 0 aliphatic carbocycles. The third kappa shape index (κ3) is 5.58. The van der Waals surface area contributed by atoms with Gasteiger partial charge in [0.25, 0.3) is 5.91 Å². The number of benzene rings is 2. The second-order valence-corrected chi connectivity index (χ2v) is 5.50. The molecule has 0 unspecified atom stereocenters. The van der Waals surface area contributed by atoms with Crippen molar-refractivity contribution in [1.29, 1.82) is 0 Å². The van der Waals surface area contributed by atoms with Crippen LogP contribution in [0.15, 0.2) is 48.5 Å². The lowest BCUT2D eigenvalue weighted by molar-refractivity contribution is -0.117. The van der Waals surface area contributed by atoms with Gasteiger partial charge >= 0.3 is 0 Å². The molecule has 0 atom stereocenters. The minimum absolute atomic E-state index is 0.133. The molecule has 0 fully saturated rings. The number of anilines is 2. The van der Waals surface area contributed by atoms with Crippen LogP contribution in [0.4, 0.5) is 11.4 Å². The molecule has 3 N–H and O–H groups in total. The van der Waals surface area contributed by atoms with Gasteiger partial charge in [-0.15, -0.1) is 0 Å². The van der Waals surface area contributed by atoms with Crippen LogP contribution in [0.2, 0.25) is 0 Å². The van der Waals surface area contributed by atoms with Crippen molar-refractivity contribution in [1.82, 2.24) is 5.32 Å². The van der Waals surface area contributed by atoms with E-state index in [9.17, 15) is 9.59 Å². The zero-order valence-electron chi connectivity index (χ0n) is 14.0. The van der Waals surface area contributed by atoms with Gasteiger partial charge in [-0.1, -0.05) is 12.1 Å². The average Bonchev–Trinajstić information content (AvgIpc) is 2.56. The molecule has 0 saturated carbocycles. The van der Waals surface area contributed by atoms with Crippen LogP contribution < -0.4 is 20.7 Å². The Labute approximate surface area is 151 Å². The number of ether oxygens (including phenoxy) is 1. The number of hydrogen-bond acceptors (Lipinski definition) is 4. The highest BCUT2D eigenvalue weighted by Crippen LogP contribution is 2.19. The van der Waals surface area contributed by atoms with Crippen LogP contribution in [0.3, 0.4) is 0 Å². The highest BCUT2D eigenvalue weighted by molar-refractivity contribution is 7.80. The normalized spacial score (nSPS) is 9.84. The summed E-state index contributed by atoms with van der Waals surface area (Å²) in [5.74, 6) is 0.162. The van der Waals surface area contributed by atoms with Crippen LogP contribution >= 0.6 is 12.2 Å². The summed E-state index contributed by atoms with van der Waals surface area (Å²) in [6.07, 6.45) is 0. The first kappa shape index (κ1) is 18.4. The molecule has 2 amide bonds. The topological polar surface area (TPSA) is 79.5 Å². The summed E-state index contributed by atoms with van der Waals surface area (Å²) in [5, 5.41) is 8.26. The molecule has 0 heterocycles. The van der Waals surface area contributed by atoms with Crippen molar-refractivity contribution in [2.45, 2.75) is 13.8 Å². The van der Waals surface area contributed by atoms with Crippen molar-refractivity contribution in [3.8, 4) is 5.75 Å². The fourth-order valence-electron chi connectivity index (χ4n) is 2.10. The van der Waals surface area contributed by atoms with Crippen molar-refractivity contribution < 1.29 is 14.3 Å². The number of rotatable bonds is 5. The number of hydrogen-bond donors (Lipinski definition) is 3. The maximum atomic E-state index is 12.5. The SMILES string of the molecule is CCOc1ccc(NC(=O)c2ccccc2NC(=S)NC(C)=O)cc1. The Bertz CT molecular complexity index is 775. The van der Waals surface area contributed by atoms with Crippen molar-refractivity contribution in [3.63, 3.8) is 0 Å². The van der Waals surface area contributed by atoms with Crippen molar-refractivity contribution in [2.75, 3.05) is 17.2 Å². The van der Waals surface area contributed by atoms with Gasteiger partial charge in [0.15, 0.2) is 5.11 Å². The van der Waals surface area contributed by atoms with E-state index < -0.39 is 0 Å². The summed E-state index contributed by atoms with van der Waals surface area (Å²) in [5.41, 5.74) is 1.56. The number of thiocarbonyl (C=S) groups is 1. The molecule has 130 valence electrons. The first-order valence-corrected chi connectivity index (χ1v) is 8.12. The maximum Gasteiger partial charge on any atom is 0.257 e. The largest absolute Gasteiger partial charge is 0.494 e. The zero-order chi connectivity index (χ0) is 18.2. The van der Waals surface area contributed by atoms with Gasteiger partial charge < -0.3 is 20.7 Å². The summed E-state index contributed by atoms with van der Waals surface area (Å²) in [6, 6.07) is 14.0. The molecule has 25 heavy (non-hydrogen) atoms. The number of nitrogens with one attached hydrogen (secondary N) is 3. The Balaban J connectivity index is 2.11. The third-order valence-corrected chi connectivity index (χ3v) is 3.34. The van der Waals surface area contributed by atoms with Crippen LogP contribution in [-0.4, -0.2) is 23.5 Å². The first-order valence-electron chi connectivity index (χ1n) is 7.71. The molecular weight excluding hydrogens is 338 g/mol.